The molecule has 1 heterocycles. The highest BCUT2D eigenvalue weighted by molar-refractivity contribution is 5.79. The minimum absolute atomic E-state index is 0.0486. The molecule has 1 N–H and O–H groups in total. The van der Waals surface area contributed by atoms with Crippen LogP contribution >= 0.6 is 0 Å². The Morgan fingerprint density at radius 2 is 1.78 bits per heavy atom. The number of carbonyl (C=O) groups excluding carboxylic acids is 1. The van der Waals surface area contributed by atoms with E-state index in [1.54, 1.807) is 0 Å². The van der Waals surface area contributed by atoms with Crippen molar-refractivity contribution in [1.82, 2.24) is 10.2 Å². The lowest BCUT2D eigenvalue weighted by molar-refractivity contribution is -0.127. The van der Waals surface area contributed by atoms with Crippen LogP contribution in [0.4, 0.5) is 0 Å². The van der Waals surface area contributed by atoms with Crippen molar-refractivity contribution in [3.05, 3.63) is 35.4 Å². The highest BCUT2D eigenvalue weighted by atomic mass is 16.1. The molecule has 0 bridgehead atoms. The zero-order chi connectivity index (χ0) is 16.8. The lowest BCUT2D eigenvalue weighted by Crippen LogP contribution is -2.41. The van der Waals surface area contributed by atoms with E-state index in [1.165, 1.54) is 5.56 Å². The summed E-state index contributed by atoms with van der Waals surface area (Å²) in [7, 11) is 0. The van der Waals surface area contributed by atoms with Gasteiger partial charge >= 0.3 is 0 Å². The quantitative estimate of drug-likeness (QED) is 0.846. The second kappa shape index (κ2) is 8.17. The van der Waals surface area contributed by atoms with Gasteiger partial charge in [-0.1, -0.05) is 44.0 Å². The van der Waals surface area contributed by atoms with Crippen molar-refractivity contribution in [2.24, 2.45) is 5.92 Å². The number of likely N-dealkylation sites (tertiary alicyclic amines) is 1. The number of hydrogen-bond acceptors (Lipinski definition) is 2. The van der Waals surface area contributed by atoms with Crippen molar-refractivity contribution in [3.8, 4) is 12.3 Å². The van der Waals surface area contributed by atoms with Crippen LogP contribution in [-0.4, -0.2) is 30.4 Å². The molecule has 0 unspecified atom stereocenters. The van der Waals surface area contributed by atoms with Gasteiger partial charge in [0.05, 0.1) is 12.6 Å². The first kappa shape index (κ1) is 17.6. The number of carbonyl (C=O) groups is 1. The van der Waals surface area contributed by atoms with Crippen molar-refractivity contribution in [1.29, 1.82) is 0 Å². The van der Waals surface area contributed by atoms with Gasteiger partial charge in [0.2, 0.25) is 5.91 Å². The molecule has 3 heteroatoms. The predicted molar refractivity (Wildman–Crippen MR) is 95.1 cm³/mol. The van der Waals surface area contributed by atoms with Gasteiger partial charge in [-0.3, -0.25) is 9.69 Å². The molecule has 1 saturated heterocycles. The smallest absolute Gasteiger partial charge is 0.223 e. The average molecular weight is 312 g/mol. The van der Waals surface area contributed by atoms with Gasteiger partial charge in [0.1, 0.15) is 0 Å². The van der Waals surface area contributed by atoms with E-state index in [4.69, 9.17) is 6.42 Å². The number of nitrogens with one attached hydrogen (secondary N) is 1. The molecule has 0 saturated carbocycles. The van der Waals surface area contributed by atoms with Crippen LogP contribution in [0.5, 0.6) is 0 Å². The second-order valence-electron chi connectivity index (χ2n) is 6.81. The normalized spacial score (nSPS) is 17.7. The van der Waals surface area contributed by atoms with E-state index in [1.807, 2.05) is 0 Å². The van der Waals surface area contributed by atoms with Gasteiger partial charge in [0, 0.05) is 5.92 Å². The Morgan fingerprint density at radius 3 is 2.30 bits per heavy atom. The van der Waals surface area contributed by atoms with Gasteiger partial charge in [-0.15, -0.1) is 6.42 Å². The van der Waals surface area contributed by atoms with E-state index in [9.17, 15) is 4.79 Å². The van der Waals surface area contributed by atoms with Crippen LogP contribution in [0.15, 0.2) is 24.3 Å². The third-order valence-electron chi connectivity index (χ3n) is 4.74. The molecule has 23 heavy (non-hydrogen) atoms. The van der Waals surface area contributed by atoms with E-state index < -0.39 is 0 Å². The van der Waals surface area contributed by atoms with Gasteiger partial charge in [0.25, 0.3) is 0 Å². The van der Waals surface area contributed by atoms with Crippen LogP contribution in [0.2, 0.25) is 0 Å². The van der Waals surface area contributed by atoms with E-state index in [0.717, 1.165) is 31.5 Å². The van der Waals surface area contributed by atoms with E-state index in [0.29, 0.717) is 12.5 Å². The summed E-state index contributed by atoms with van der Waals surface area (Å²) < 4.78 is 0. The largest absolute Gasteiger partial charge is 0.349 e. The number of benzene rings is 1. The third kappa shape index (κ3) is 4.84. The van der Waals surface area contributed by atoms with E-state index >= 15 is 0 Å². The summed E-state index contributed by atoms with van der Waals surface area (Å²) in [6.45, 7) is 8.95. The maximum absolute atomic E-state index is 12.5. The summed E-state index contributed by atoms with van der Waals surface area (Å²) in [5.74, 6) is 3.49. The molecule has 1 aromatic rings. The van der Waals surface area contributed by atoms with Crippen molar-refractivity contribution in [3.63, 3.8) is 0 Å². The monoisotopic (exact) mass is 312 g/mol. The van der Waals surface area contributed by atoms with Crippen molar-refractivity contribution in [2.45, 2.75) is 45.6 Å². The first-order valence-corrected chi connectivity index (χ1v) is 8.57. The number of rotatable bonds is 5. The van der Waals surface area contributed by atoms with Crippen LogP contribution in [0.25, 0.3) is 0 Å². The SMILES string of the molecule is C#CCN1CCC(C(=O)N[C@@H](C)c2ccc(C(C)C)cc2)CC1. The number of amides is 1. The van der Waals surface area contributed by atoms with Gasteiger partial charge < -0.3 is 5.32 Å². The molecule has 1 amide bonds. The molecular formula is C20H28N2O. The molecule has 0 radical (unpaired) electrons. The number of hydrogen-bond donors (Lipinski definition) is 1. The molecular weight excluding hydrogens is 284 g/mol. The maximum atomic E-state index is 12.5. The van der Waals surface area contributed by atoms with E-state index in [-0.39, 0.29) is 17.9 Å². The van der Waals surface area contributed by atoms with Crippen molar-refractivity contribution in [2.75, 3.05) is 19.6 Å². The molecule has 1 atom stereocenters. The van der Waals surface area contributed by atoms with Crippen LogP contribution in [0, 0.1) is 18.3 Å². The third-order valence-corrected chi connectivity index (χ3v) is 4.74. The second-order valence-corrected chi connectivity index (χ2v) is 6.81. The van der Waals surface area contributed by atoms with Crippen LogP contribution in [-0.2, 0) is 4.79 Å². The summed E-state index contributed by atoms with van der Waals surface area (Å²) >= 11 is 0. The van der Waals surface area contributed by atoms with Crippen LogP contribution < -0.4 is 5.32 Å². The lowest BCUT2D eigenvalue weighted by atomic mass is 9.95. The zero-order valence-corrected chi connectivity index (χ0v) is 14.5. The van der Waals surface area contributed by atoms with Crippen LogP contribution in [0.3, 0.4) is 0 Å². The summed E-state index contributed by atoms with van der Waals surface area (Å²) in [6, 6.07) is 8.60. The number of piperidine rings is 1. The first-order chi connectivity index (χ1) is 11.0. The molecule has 1 aliphatic rings. The standard InChI is InChI=1S/C20H28N2O/c1-5-12-22-13-10-19(11-14-22)20(23)21-16(4)18-8-6-17(7-9-18)15(2)3/h1,6-9,15-16,19H,10-14H2,2-4H3,(H,21,23)/t16-/m0/s1. The van der Waals surface area contributed by atoms with E-state index in [2.05, 4.69) is 61.2 Å². The molecule has 2 rings (SSSR count). The predicted octanol–water partition coefficient (Wildman–Crippen LogP) is 3.33. The molecule has 0 aliphatic carbocycles. The van der Waals surface area contributed by atoms with Crippen LogP contribution in [0.1, 0.15) is 56.7 Å². The lowest BCUT2D eigenvalue weighted by Gasteiger charge is -2.30. The Labute approximate surface area is 140 Å². The van der Waals surface area contributed by atoms with Gasteiger partial charge in [-0.05, 0) is 49.9 Å². The Kier molecular flexibility index (Phi) is 6.24. The highest BCUT2D eigenvalue weighted by Crippen LogP contribution is 2.21. The Hall–Kier alpha value is -1.79. The number of terminal acetylenes is 1. The Balaban J connectivity index is 1.86. The molecule has 1 aliphatic heterocycles. The topological polar surface area (TPSA) is 32.3 Å². The summed E-state index contributed by atoms with van der Waals surface area (Å²) in [4.78, 5) is 14.7. The summed E-state index contributed by atoms with van der Waals surface area (Å²) in [5, 5.41) is 3.16. The zero-order valence-electron chi connectivity index (χ0n) is 14.5. The maximum Gasteiger partial charge on any atom is 0.223 e. The summed E-state index contributed by atoms with van der Waals surface area (Å²) in [5.41, 5.74) is 2.49. The molecule has 0 aromatic heterocycles. The number of nitrogens with zero attached hydrogens (tertiary/aromatic N) is 1. The Morgan fingerprint density at radius 1 is 1.22 bits per heavy atom. The first-order valence-electron chi connectivity index (χ1n) is 8.57. The molecule has 0 spiro atoms. The van der Waals surface area contributed by atoms with Gasteiger partial charge in [-0.2, -0.15) is 0 Å². The fourth-order valence-corrected chi connectivity index (χ4v) is 3.07. The molecule has 1 fully saturated rings. The van der Waals surface area contributed by atoms with Gasteiger partial charge in [-0.25, -0.2) is 0 Å². The molecule has 124 valence electrons. The summed E-state index contributed by atoms with van der Waals surface area (Å²) in [6.07, 6.45) is 7.13. The molecule has 1 aromatic carbocycles. The minimum Gasteiger partial charge on any atom is -0.349 e. The van der Waals surface area contributed by atoms with Crippen molar-refractivity contribution >= 4 is 5.91 Å². The average Bonchev–Trinajstić information content (AvgIpc) is 2.55. The van der Waals surface area contributed by atoms with Crippen molar-refractivity contribution < 1.29 is 4.79 Å². The Bertz CT molecular complexity index is 548. The molecule has 3 nitrogen and oxygen atoms in total. The highest BCUT2D eigenvalue weighted by Gasteiger charge is 2.25. The minimum atomic E-state index is 0.0486. The fraction of sp³-hybridized carbons (Fsp3) is 0.550. The van der Waals surface area contributed by atoms with Gasteiger partial charge in [0.15, 0.2) is 0 Å². The fourth-order valence-electron chi connectivity index (χ4n) is 3.07.